The number of hydrogen-bond donors (Lipinski definition) is 1. The average Bonchev–Trinajstić information content (AvgIpc) is 3.28. The van der Waals surface area contributed by atoms with Crippen molar-refractivity contribution in [1.82, 2.24) is 9.55 Å². The number of amides is 1. The quantitative estimate of drug-likeness (QED) is 0.349. The molecule has 1 amide bonds. The van der Waals surface area contributed by atoms with E-state index in [0.717, 1.165) is 11.3 Å². The number of nitrogens with zero attached hydrogens (tertiary/aromatic N) is 2. The van der Waals surface area contributed by atoms with Crippen molar-refractivity contribution in [1.29, 1.82) is 0 Å². The van der Waals surface area contributed by atoms with Crippen LogP contribution < -0.4 is 20.3 Å². The first-order chi connectivity index (χ1) is 16.0. The van der Waals surface area contributed by atoms with E-state index in [4.69, 9.17) is 14.5 Å². The molecule has 8 heteroatoms. The Labute approximate surface area is 194 Å². The normalized spacial score (nSPS) is 13.2. The Morgan fingerprint density at radius 2 is 1.82 bits per heavy atom. The van der Waals surface area contributed by atoms with E-state index in [-0.39, 0.29) is 18.3 Å². The number of carbonyl (C=O) groups is 1. The molecular formula is C25H21N3O4S. The average molecular weight is 460 g/mol. The summed E-state index contributed by atoms with van der Waals surface area (Å²) in [7, 11) is 0. The van der Waals surface area contributed by atoms with Crippen molar-refractivity contribution >= 4 is 34.3 Å². The van der Waals surface area contributed by atoms with Crippen LogP contribution in [0.3, 0.4) is 0 Å². The van der Waals surface area contributed by atoms with Crippen LogP contribution in [0.25, 0.3) is 16.6 Å². The molecule has 33 heavy (non-hydrogen) atoms. The van der Waals surface area contributed by atoms with Crippen LogP contribution in [-0.2, 0) is 4.79 Å². The summed E-state index contributed by atoms with van der Waals surface area (Å²) in [6.45, 7) is 3.90. The molecule has 2 heterocycles. The molecule has 1 aliphatic rings. The number of benzene rings is 3. The van der Waals surface area contributed by atoms with Gasteiger partial charge in [-0.15, -0.1) is 0 Å². The third-order valence-electron chi connectivity index (χ3n) is 5.39. The number of para-hydroxylation sites is 2. The van der Waals surface area contributed by atoms with E-state index in [1.165, 1.54) is 11.8 Å². The van der Waals surface area contributed by atoms with Crippen molar-refractivity contribution in [3.8, 4) is 17.2 Å². The van der Waals surface area contributed by atoms with Crippen molar-refractivity contribution in [2.45, 2.75) is 24.3 Å². The largest absolute Gasteiger partial charge is 0.454 e. The number of aromatic nitrogens is 2. The van der Waals surface area contributed by atoms with Gasteiger partial charge >= 0.3 is 0 Å². The third kappa shape index (κ3) is 4.05. The lowest BCUT2D eigenvalue weighted by Crippen LogP contribution is -2.26. The Morgan fingerprint density at radius 3 is 2.67 bits per heavy atom. The monoisotopic (exact) mass is 459 g/mol. The first-order valence-corrected chi connectivity index (χ1v) is 11.3. The molecule has 4 aromatic rings. The molecule has 0 aliphatic carbocycles. The third-order valence-corrected chi connectivity index (χ3v) is 6.45. The summed E-state index contributed by atoms with van der Waals surface area (Å²) in [5.41, 5.74) is 2.72. The summed E-state index contributed by atoms with van der Waals surface area (Å²) >= 11 is 1.24. The standard InChI is InChI=1S/C25H21N3O4S/c1-15-7-3-6-10-20(15)28-24(30)18-8-4-5-9-19(18)27-25(28)33-16(2)23(29)26-17-11-12-21-22(13-17)32-14-31-21/h3-13,16H,14H2,1-2H3,(H,26,29)/t16-/m0/s1. The first-order valence-electron chi connectivity index (χ1n) is 10.5. The van der Waals surface area contributed by atoms with E-state index in [1.54, 1.807) is 41.8 Å². The number of aryl methyl sites for hydroxylation is 1. The second-order valence-corrected chi connectivity index (χ2v) is 8.96. The Balaban J connectivity index is 1.49. The Kier molecular flexibility index (Phi) is 5.51. The van der Waals surface area contributed by atoms with Gasteiger partial charge in [-0.3, -0.25) is 14.2 Å². The summed E-state index contributed by atoms with van der Waals surface area (Å²) in [6, 6.07) is 20.1. The van der Waals surface area contributed by atoms with Gasteiger partial charge in [0, 0.05) is 11.8 Å². The number of thioether (sulfide) groups is 1. The number of carbonyl (C=O) groups excluding carboxylic acids is 1. The number of fused-ring (bicyclic) bond motifs is 2. The van der Waals surface area contributed by atoms with Crippen molar-refractivity contribution in [3.05, 3.63) is 82.6 Å². The Bertz CT molecular complexity index is 1430. The highest BCUT2D eigenvalue weighted by molar-refractivity contribution is 8.00. The molecule has 1 N–H and O–H groups in total. The molecule has 0 bridgehead atoms. The molecule has 1 aromatic heterocycles. The molecule has 0 saturated heterocycles. The van der Waals surface area contributed by atoms with Crippen molar-refractivity contribution in [2.75, 3.05) is 12.1 Å². The smallest absolute Gasteiger partial charge is 0.266 e. The van der Waals surface area contributed by atoms with Crippen LogP contribution in [0.4, 0.5) is 5.69 Å². The molecule has 0 saturated carbocycles. The Hall–Kier alpha value is -3.78. The minimum Gasteiger partial charge on any atom is -0.454 e. The lowest BCUT2D eigenvalue weighted by atomic mass is 10.2. The van der Waals surface area contributed by atoms with Gasteiger partial charge in [-0.2, -0.15) is 0 Å². The number of hydrogen-bond acceptors (Lipinski definition) is 6. The van der Waals surface area contributed by atoms with Gasteiger partial charge in [-0.1, -0.05) is 42.1 Å². The number of nitrogens with one attached hydrogen (secondary N) is 1. The molecule has 1 aliphatic heterocycles. The van der Waals surface area contributed by atoms with Gasteiger partial charge in [0.1, 0.15) is 0 Å². The van der Waals surface area contributed by atoms with E-state index in [1.807, 2.05) is 43.3 Å². The van der Waals surface area contributed by atoms with E-state index < -0.39 is 5.25 Å². The van der Waals surface area contributed by atoms with Gasteiger partial charge in [-0.05, 0) is 49.7 Å². The minimum absolute atomic E-state index is 0.166. The van der Waals surface area contributed by atoms with Crippen molar-refractivity contribution in [3.63, 3.8) is 0 Å². The summed E-state index contributed by atoms with van der Waals surface area (Å²) in [5, 5.41) is 3.38. The predicted octanol–water partition coefficient (Wildman–Crippen LogP) is 4.54. The van der Waals surface area contributed by atoms with Crippen LogP contribution in [0, 0.1) is 6.92 Å². The number of rotatable bonds is 5. The molecule has 3 aromatic carbocycles. The van der Waals surface area contributed by atoms with Gasteiger partial charge < -0.3 is 14.8 Å². The maximum Gasteiger partial charge on any atom is 0.266 e. The second kappa shape index (κ2) is 8.63. The first kappa shape index (κ1) is 21.1. The molecular weight excluding hydrogens is 438 g/mol. The van der Waals surface area contributed by atoms with Crippen LogP contribution in [0.5, 0.6) is 11.5 Å². The highest BCUT2D eigenvalue weighted by atomic mass is 32.2. The fourth-order valence-electron chi connectivity index (χ4n) is 3.65. The van der Waals surface area contributed by atoms with Gasteiger partial charge in [0.2, 0.25) is 12.7 Å². The van der Waals surface area contributed by atoms with Crippen LogP contribution in [0.1, 0.15) is 12.5 Å². The van der Waals surface area contributed by atoms with Gasteiger partial charge in [-0.25, -0.2) is 4.98 Å². The van der Waals surface area contributed by atoms with E-state index in [0.29, 0.717) is 33.2 Å². The van der Waals surface area contributed by atoms with Gasteiger partial charge in [0.05, 0.1) is 21.8 Å². The zero-order valence-corrected chi connectivity index (χ0v) is 18.9. The van der Waals surface area contributed by atoms with Crippen LogP contribution in [0.2, 0.25) is 0 Å². The Morgan fingerprint density at radius 1 is 1.06 bits per heavy atom. The minimum atomic E-state index is -0.515. The molecule has 166 valence electrons. The number of ether oxygens (including phenoxy) is 2. The zero-order valence-electron chi connectivity index (χ0n) is 18.1. The zero-order chi connectivity index (χ0) is 22.9. The van der Waals surface area contributed by atoms with Crippen LogP contribution >= 0.6 is 11.8 Å². The fourth-order valence-corrected chi connectivity index (χ4v) is 4.57. The van der Waals surface area contributed by atoms with E-state index >= 15 is 0 Å². The molecule has 1 atom stereocenters. The van der Waals surface area contributed by atoms with Crippen molar-refractivity contribution in [2.24, 2.45) is 0 Å². The summed E-state index contributed by atoms with van der Waals surface area (Å²) in [6.07, 6.45) is 0. The van der Waals surface area contributed by atoms with Crippen LogP contribution in [0.15, 0.2) is 76.7 Å². The van der Waals surface area contributed by atoms with Crippen molar-refractivity contribution < 1.29 is 14.3 Å². The topological polar surface area (TPSA) is 82.5 Å². The van der Waals surface area contributed by atoms with Crippen LogP contribution in [-0.4, -0.2) is 27.5 Å². The highest BCUT2D eigenvalue weighted by Crippen LogP contribution is 2.34. The van der Waals surface area contributed by atoms with E-state index in [9.17, 15) is 9.59 Å². The lowest BCUT2D eigenvalue weighted by molar-refractivity contribution is -0.115. The lowest BCUT2D eigenvalue weighted by Gasteiger charge is -2.17. The molecule has 0 radical (unpaired) electrons. The molecule has 5 rings (SSSR count). The molecule has 0 unspecified atom stereocenters. The maximum absolute atomic E-state index is 13.4. The highest BCUT2D eigenvalue weighted by Gasteiger charge is 2.22. The molecule has 0 spiro atoms. The predicted molar refractivity (Wildman–Crippen MR) is 129 cm³/mol. The SMILES string of the molecule is Cc1ccccc1-n1c(S[C@@H](C)C(=O)Nc2ccc3c(c2)OCO3)nc2ccccc2c1=O. The van der Waals surface area contributed by atoms with Gasteiger partial charge in [0.15, 0.2) is 16.7 Å². The van der Waals surface area contributed by atoms with E-state index in [2.05, 4.69) is 5.32 Å². The molecule has 0 fully saturated rings. The summed E-state index contributed by atoms with van der Waals surface area (Å²) in [5.74, 6) is 1.04. The van der Waals surface area contributed by atoms with Gasteiger partial charge in [0.25, 0.3) is 5.56 Å². The summed E-state index contributed by atoms with van der Waals surface area (Å²) < 4.78 is 12.3. The molecule has 7 nitrogen and oxygen atoms in total. The fraction of sp³-hybridized carbons (Fsp3) is 0.160. The number of anilines is 1. The maximum atomic E-state index is 13.4. The second-order valence-electron chi connectivity index (χ2n) is 7.66. The summed E-state index contributed by atoms with van der Waals surface area (Å²) in [4.78, 5) is 31.1.